The molecule has 0 amide bonds. The molecule has 170 valence electrons. The molecule has 0 bridgehead atoms. The number of nitro groups is 1. The number of ether oxygens (including phenoxy) is 1. The number of benzene rings is 1. The fourth-order valence-corrected chi connectivity index (χ4v) is 4.31. The Hall–Kier alpha value is -2.84. The maximum atomic E-state index is 10.8. The molecule has 5 N–H and O–H groups in total. The second-order valence-corrected chi connectivity index (χ2v) is 8.38. The smallest absolute Gasteiger partial charge is 0.269 e. The number of anilines is 1. The van der Waals surface area contributed by atoms with E-state index in [9.17, 15) is 20.3 Å². The van der Waals surface area contributed by atoms with Crippen molar-refractivity contribution in [2.24, 2.45) is 5.73 Å². The molecule has 12 nitrogen and oxygen atoms in total. The van der Waals surface area contributed by atoms with Crippen LogP contribution >= 0.6 is 11.8 Å². The van der Waals surface area contributed by atoms with E-state index in [4.69, 9.17) is 10.5 Å². The Bertz CT molecular complexity index is 1080. The first-order valence-corrected chi connectivity index (χ1v) is 11.1. The summed E-state index contributed by atoms with van der Waals surface area (Å²) in [4.78, 5) is 23.2. The highest BCUT2D eigenvalue weighted by atomic mass is 32.2. The van der Waals surface area contributed by atoms with Crippen molar-refractivity contribution in [3.8, 4) is 0 Å². The van der Waals surface area contributed by atoms with Crippen molar-refractivity contribution in [1.82, 2.24) is 19.5 Å². The summed E-state index contributed by atoms with van der Waals surface area (Å²) in [6, 6.07) is 6.20. The number of fused-ring (bicyclic) bond motifs is 1. The van der Waals surface area contributed by atoms with Gasteiger partial charge in [-0.25, -0.2) is 15.0 Å². The van der Waals surface area contributed by atoms with E-state index in [0.717, 1.165) is 11.3 Å². The molecule has 0 radical (unpaired) electrons. The quantitative estimate of drug-likeness (QED) is 0.200. The minimum absolute atomic E-state index is 0.0222. The molecule has 0 saturated carbocycles. The van der Waals surface area contributed by atoms with E-state index in [-0.39, 0.29) is 5.69 Å². The Morgan fingerprint density at radius 1 is 1.22 bits per heavy atom. The zero-order chi connectivity index (χ0) is 22.7. The molecule has 2 aromatic heterocycles. The summed E-state index contributed by atoms with van der Waals surface area (Å²) in [5.74, 6) is 1.71. The molecule has 32 heavy (non-hydrogen) atoms. The molecule has 4 rings (SSSR count). The van der Waals surface area contributed by atoms with Gasteiger partial charge in [-0.15, -0.1) is 0 Å². The number of nitrogens with one attached hydrogen (secondary N) is 1. The number of non-ortho nitro benzene ring substituents is 1. The summed E-state index contributed by atoms with van der Waals surface area (Å²) >= 11 is 1.55. The van der Waals surface area contributed by atoms with Gasteiger partial charge in [0, 0.05) is 36.7 Å². The van der Waals surface area contributed by atoms with Crippen molar-refractivity contribution in [3.63, 3.8) is 0 Å². The SMILES string of the molecule is NCCSC[C@H]1OC(n2cnc3c(NCc4ccc([N+](=O)[O-])cc4)ncnc32)[C@@H](O)[C@H]1O. The number of rotatable bonds is 9. The van der Waals surface area contributed by atoms with Crippen molar-refractivity contribution < 1.29 is 19.9 Å². The van der Waals surface area contributed by atoms with Gasteiger partial charge in [-0.1, -0.05) is 12.1 Å². The number of hydrogen-bond donors (Lipinski definition) is 4. The van der Waals surface area contributed by atoms with Crippen molar-refractivity contribution in [1.29, 1.82) is 0 Å². The fraction of sp³-hybridized carbons (Fsp3) is 0.421. The summed E-state index contributed by atoms with van der Waals surface area (Å²) in [5.41, 5.74) is 7.27. The molecule has 3 aromatic rings. The highest BCUT2D eigenvalue weighted by molar-refractivity contribution is 7.99. The van der Waals surface area contributed by atoms with Crippen LogP contribution < -0.4 is 11.1 Å². The Morgan fingerprint density at radius 3 is 2.72 bits per heavy atom. The van der Waals surface area contributed by atoms with Crippen LogP contribution in [0.25, 0.3) is 11.2 Å². The van der Waals surface area contributed by atoms with Gasteiger partial charge in [0.25, 0.3) is 5.69 Å². The van der Waals surface area contributed by atoms with Gasteiger partial charge < -0.3 is 26.0 Å². The van der Waals surface area contributed by atoms with Crippen molar-refractivity contribution in [3.05, 3.63) is 52.6 Å². The third-order valence-corrected chi connectivity index (χ3v) is 6.21. The van der Waals surface area contributed by atoms with E-state index in [2.05, 4.69) is 20.3 Å². The normalized spacial score (nSPS) is 23.0. The second-order valence-electron chi connectivity index (χ2n) is 7.23. The molecule has 4 atom stereocenters. The zero-order valence-electron chi connectivity index (χ0n) is 16.9. The molecule has 1 unspecified atom stereocenters. The van der Waals surface area contributed by atoms with Crippen LogP contribution in [0.1, 0.15) is 11.8 Å². The monoisotopic (exact) mass is 461 g/mol. The van der Waals surface area contributed by atoms with Crippen molar-refractivity contribution in [2.75, 3.05) is 23.4 Å². The predicted molar refractivity (Wildman–Crippen MR) is 118 cm³/mol. The molecule has 1 saturated heterocycles. The average molecular weight is 462 g/mol. The first kappa shape index (κ1) is 22.4. The summed E-state index contributed by atoms with van der Waals surface area (Å²) in [6.45, 7) is 0.900. The molecule has 1 aliphatic heterocycles. The van der Waals surface area contributed by atoms with Gasteiger partial charge in [-0.3, -0.25) is 14.7 Å². The first-order chi connectivity index (χ1) is 15.5. The van der Waals surface area contributed by atoms with Crippen LogP contribution in [0, 0.1) is 10.1 Å². The van der Waals surface area contributed by atoms with Crippen LogP contribution in [-0.2, 0) is 11.3 Å². The predicted octanol–water partition coefficient (Wildman–Crippen LogP) is 0.658. The largest absolute Gasteiger partial charge is 0.387 e. The third-order valence-electron chi connectivity index (χ3n) is 5.12. The molecule has 1 fully saturated rings. The van der Waals surface area contributed by atoms with E-state index in [0.29, 0.717) is 35.8 Å². The number of aromatic nitrogens is 4. The standard InChI is InChI=1S/C19H23N7O5S/c20-5-6-32-8-13-15(27)16(28)19(31-13)25-10-24-14-17(22-9-23-18(14)25)21-7-11-1-3-12(4-2-11)26(29)30/h1-4,9-10,13,15-16,19,27-28H,5-8,20H2,(H,21,22,23)/t13-,15+,16+,19?/m1/s1. The van der Waals surface area contributed by atoms with Crippen LogP contribution in [0.3, 0.4) is 0 Å². The Balaban J connectivity index is 1.50. The molecular formula is C19H23N7O5S. The number of aliphatic hydroxyl groups is 2. The van der Waals surface area contributed by atoms with Gasteiger partial charge in [-0.05, 0) is 5.56 Å². The highest BCUT2D eigenvalue weighted by Gasteiger charge is 2.44. The van der Waals surface area contributed by atoms with Gasteiger partial charge in [0.05, 0.1) is 17.4 Å². The molecule has 0 aliphatic carbocycles. The van der Waals surface area contributed by atoms with Gasteiger partial charge in [0.15, 0.2) is 23.2 Å². The lowest BCUT2D eigenvalue weighted by atomic mass is 10.1. The van der Waals surface area contributed by atoms with Crippen LogP contribution in [0.4, 0.5) is 11.5 Å². The minimum Gasteiger partial charge on any atom is -0.387 e. The van der Waals surface area contributed by atoms with Gasteiger partial charge >= 0.3 is 0 Å². The van der Waals surface area contributed by atoms with Crippen molar-refractivity contribution in [2.45, 2.75) is 31.1 Å². The maximum absolute atomic E-state index is 10.8. The van der Waals surface area contributed by atoms with E-state index in [1.54, 1.807) is 28.5 Å². The Kier molecular flexibility index (Phi) is 6.81. The van der Waals surface area contributed by atoms with Crippen LogP contribution in [0.2, 0.25) is 0 Å². The topological polar surface area (TPSA) is 174 Å². The van der Waals surface area contributed by atoms with Crippen LogP contribution in [0.15, 0.2) is 36.9 Å². The van der Waals surface area contributed by atoms with E-state index in [1.807, 2.05) is 0 Å². The number of imidazole rings is 1. The maximum Gasteiger partial charge on any atom is 0.269 e. The number of nitro benzene ring substituents is 1. The fourth-order valence-electron chi connectivity index (χ4n) is 3.47. The summed E-state index contributed by atoms with van der Waals surface area (Å²) in [6.07, 6.45) is -0.689. The number of hydrogen-bond acceptors (Lipinski definition) is 11. The number of nitrogens with zero attached hydrogens (tertiary/aromatic N) is 5. The Morgan fingerprint density at radius 2 is 2.00 bits per heavy atom. The molecule has 13 heteroatoms. The Labute approximate surface area is 187 Å². The lowest BCUT2D eigenvalue weighted by molar-refractivity contribution is -0.384. The molecule has 0 spiro atoms. The molecule has 1 aromatic carbocycles. The lowest BCUT2D eigenvalue weighted by Gasteiger charge is -2.16. The summed E-state index contributed by atoms with van der Waals surface area (Å²) < 4.78 is 7.49. The average Bonchev–Trinajstić information content (AvgIpc) is 3.35. The van der Waals surface area contributed by atoms with E-state index >= 15 is 0 Å². The lowest BCUT2D eigenvalue weighted by Crippen LogP contribution is -2.32. The minimum atomic E-state index is -1.14. The number of nitrogens with two attached hydrogens (primary N) is 1. The highest BCUT2D eigenvalue weighted by Crippen LogP contribution is 2.33. The molecule has 3 heterocycles. The van der Waals surface area contributed by atoms with Crippen molar-refractivity contribution >= 4 is 34.4 Å². The van der Waals surface area contributed by atoms with Gasteiger partial charge in [0.2, 0.25) is 0 Å². The summed E-state index contributed by atoms with van der Waals surface area (Å²) in [5, 5.41) is 34.9. The zero-order valence-corrected chi connectivity index (χ0v) is 17.8. The first-order valence-electron chi connectivity index (χ1n) is 9.93. The number of thioether (sulfide) groups is 1. The number of aliphatic hydroxyl groups excluding tert-OH is 2. The van der Waals surface area contributed by atoms with E-state index < -0.39 is 29.5 Å². The molecular weight excluding hydrogens is 438 g/mol. The summed E-state index contributed by atoms with van der Waals surface area (Å²) in [7, 11) is 0. The van der Waals surface area contributed by atoms with E-state index in [1.165, 1.54) is 24.8 Å². The van der Waals surface area contributed by atoms with Gasteiger partial charge in [-0.2, -0.15) is 11.8 Å². The van der Waals surface area contributed by atoms with Gasteiger partial charge in [0.1, 0.15) is 18.5 Å². The second kappa shape index (κ2) is 9.75. The molecule has 1 aliphatic rings. The third kappa shape index (κ3) is 4.52. The van der Waals surface area contributed by atoms with Crippen LogP contribution in [-0.4, -0.2) is 71.0 Å². The van der Waals surface area contributed by atoms with Crippen LogP contribution in [0.5, 0.6) is 0 Å².